The molecule has 0 saturated heterocycles. The third-order valence-corrected chi connectivity index (χ3v) is 5.30. The number of hydrogen-bond acceptors (Lipinski definition) is 9. The number of hydrogen-bond donors (Lipinski definition) is 2. The maximum absolute atomic E-state index is 12.5. The first-order valence-electron chi connectivity index (χ1n) is 11.4. The molecule has 1 amide bonds. The Hall–Kier alpha value is -5.00. The molecular formula is C25H26N6O6. The Bertz CT molecular complexity index is 1290. The number of ether oxygens (including phenoxy) is 1. The highest BCUT2D eigenvalue weighted by Crippen LogP contribution is 2.26. The van der Waals surface area contributed by atoms with E-state index in [0.29, 0.717) is 17.0 Å². The van der Waals surface area contributed by atoms with Gasteiger partial charge in [0.15, 0.2) is 6.61 Å². The molecular weight excluding hydrogens is 480 g/mol. The van der Waals surface area contributed by atoms with Crippen LogP contribution >= 0.6 is 0 Å². The van der Waals surface area contributed by atoms with Gasteiger partial charge in [0.25, 0.3) is 17.3 Å². The predicted molar refractivity (Wildman–Crippen MR) is 142 cm³/mol. The van der Waals surface area contributed by atoms with E-state index < -0.39 is 15.8 Å². The molecule has 192 valence electrons. The van der Waals surface area contributed by atoms with Crippen LogP contribution in [0.15, 0.2) is 71.8 Å². The number of amides is 1. The molecule has 37 heavy (non-hydrogen) atoms. The van der Waals surface area contributed by atoms with Gasteiger partial charge in [-0.3, -0.25) is 30.4 Å². The fourth-order valence-electron chi connectivity index (χ4n) is 3.41. The lowest BCUT2D eigenvalue weighted by molar-refractivity contribution is -0.385. The monoisotopic (exact) mass is 506 g/mol. The van der Waals surface area contributed by atoms with Crippen molar-refractivity contribution in [1.82, 2.24) is 0 Å². The molecule has 3 aromatic carbocycles. The molecule has 12 heteroatoms. The van der Waals surface area contributed by atoms with Crippen LogP contribution in [0.25, 0.3) is 0 Å². The maximum atomic E-state index is 12.5. The van der Waals surface area contributed by atoms with Crippen LogP contribution in [-0.4, -0.2) is 41.7 Å². The van der Waals surface area contributed by atoms with Crippen LogP contribution in [0, 0.1) is 20.2 Å². The van der Waals surface area contributed by atoms with Gasteiger partial charge >= 0.3 is 0 Å². The maximum Gasteiger partial charge on any atom is 0.271 e. The summed E-state index contributed by atoms with van der Waals surface area (Å²) in [5.74, 6) is -0.0755. The van der Waals surface area contributed by atoms with E-state index >= 15 is 0 Å². The topological polar surface area (TPSA) is 152 Å². The number of rotatable bonds is 12. The van der Waals surface area contributed by atoms with E-state index in [4.69, 9.17) is 4.74 Å². The van der Waals surface area contributed by atoms with Crippen molar-refractivity contribution in [2.75, 3.05) is 35.3 Å². The second kappa shape index (κ2) is 12.6. The molecule has 0 fully saturated rings. The van der Waals surface area contributed by atoms with Crippen molar-refractivity contribution in [3.05, 3.63) is 92.5 Å². The quantitative estimate of drug-likeness (QED) is 0.202. The van der Waals surface area contributed by atoms with Crippen LogP contribution in [0.1, 0.15) is 19.4 Å². The highest BCUT2D eigenvalue weighted by Gasteiger charge is 2.12. The van der Waals surface area contributed by atoms with Crippen LogP contribution in [0.3, 0.4) is 0 Å². The minimum Gasteiger partial charge on any atom is -0.483 e. The number of carbonyl (C=O) groups excluding carboxylic acids is 1. The molecule has 2 N–H and O–H groups in total. The zero-order chi connectivity index (χ0) is 26.8. The molecule has 12 nitrogen and oxygen atoms in total. The number of non-ortho nitro benzene ring substituents is 2. The Balaban J connectivity index is 1.74. The largest absolute Gasteiger partial charge is 0.483 e. The zero-order valence-corrected chi connectivity index (χ0v) is 20.3. The fourth-order valence-corrected chi connectivity index (χ4v) is 3.41. The summed E-state index contributed by atoms with van der Waals surface area (Å²) in [6.07, 6.45) is 1.52. The molecule has 0 unspecified atom stereocenters. The summed E-state index contributed by atoms with van der Waals surface area (Å²) in [6.45, 7) is 5.28. The molecule has 0 aliphatic rings. The van der Waals surface area contributed by atoms with Gasteiger partial charge in [-0.2, -0.15) is 5.10 Å². The highest BCUT2D eigenvalue weighted by molar-refractivity contribution is 5.92. The van der Waals surface area contributed by atoms with Gasteiger partial charge in [0.1, 0.15) is 5.75 Å². The number of nitro groups is 2. The number of nitrogens with zero attached hydrogens (tertiary/aromatic N) is 4. The van der Waals surface area contributed by atoms with Crippen molar-refractivity contribution in [2.24, 2.45) is 5.10 Å². The van der Waals surface area contributed by atoms with Crippen molar-refractivity contribution in [3.63, 3.8) is 0 Å². The van der Waals surface area contributed by atoms with Gasteiger partial charge in [-0.1, -0.05) is 6.07 Å². The van der Waals surface area contributed by atoms with Gasteiger partial charge in [0.2, 0.25) is 0 Å². The second-order valence-corrected chi connectivity index (χ2v) is 7.71. The minimum atomic E-state index is -0.540. The van der Waals surface area contributed by atoms with Crippen LogP contribution < -0.4 is 20.4 Å². The van der Waals surface area contributed by atoms with Gasteiger partial charge in [0.05, 0.1) is 21.7 Å². The molecule has 0 atom stereocenters. The third-order valence-electron chi connectivity index (χ3n) is 5.30. The standard InChI is InChI=1S/C25H26N6O6/c1-3-29(4-2)22-11-8-18(16-26-28-19-9-12-21(13-10-19)30(33)34)24(15-22)37-17-25(32)27-20-6-5-7-23(14-20)31(35)36/h5-16,28H,3-4,17H2,1-2H3,(H,27,32)/b26-16-. The smallest absolute Gasteiger partial charge is 0.271 e. The summed E-state index contributed by atoms with van der Waals surface area (Å²) in [5, 5.41) is 28.5. The summed E-state index contributed by atoms with van der Waals surface area (Å²) in [4.78, 5) is 35.3. The first-order valence-corrected chi connectivity index (χ1v) is 11.4. The summed E-state index contributed by atoms with van der Waals surface area (Å²) >= 11 is 0. The number of hydrazone groups is 1. The average molecular weight is 507 g/mol. The van der Waals surface area contributed by atoms with E-state index in [1.54, 1.807) is 12.1 Å². The Morgan fingerprint density at radius 1 is 0.946 bits per heavy atom. The van der Waals surface area contributed by atoms with Gasteiger partial charge in [-0.05, 0) is 44.2 Å². The molecule has 0 radical (unpaired) electrons. The first-order chi connectivity index (χ1) is 17.8. The van der Waals surface area contributed by atoms with E-state index in [1.807, 2.05) is 26.0 Å². The molecule has 0 spiro atoms. The van der Waals surface area contributed by atoms with Crippen molar-refractivity contribution >= 4 is 40.6 Å². The normalized spacial score (nSPS) is 10.6. The van der Waals surface area contributed by atoms with Gasteiger partial charge in [-0.15, -0.1) is 0 Å². The summed E-state index contributed by atoms with van der Waals surface area (Å²) in [6, 6.07) is 17.0. The van der Waals surface area contributed by atoms with Crippen molar-refractivity contribution in [1.29, 1.82) is 0 Å². The van der Waals surface area contributed by atoms with Gasteiger partial charge in [-0.25, -0.2) is 0 Å². The second-order valence-electron chi connectivity index (χ2n) is 7.71. The Morgan fingerprint density at radius 3 is 2.30 bits per heavy atom. The van der Waals surface area contributed by atoms with E-state index in [1.165, 1.54) is 48.7 Å². The lowest BCUT2D eigenvalue weighted by Gasteiger charge is -2.22. The molecule has 3 aromatic rings. The Morgan fingerprint density at radius 2 is 1.65 bits per heavy atom. The van der Waals surface area contributed by atoms with Crippen LogP contribution in [0.2, 0.25) is 0 Å². The Kier molecular flexibility index (Phi) is 9.08. The zero-order valence-electron chi connectivity index (χ0n) is 20.3. The SMILES string of the molecule is CCN(CC)c1ccc(/C=N\Nc2ccc([N+](=O)[O-])cc2)c(OCC(=O)Nc2cccc([N+](=O)[O-])c2)c1. The third kappa shape index (κ3) is 7.49. The van der Waals surface area contributed by atoms with E-state index in [0.717, 1.165) is 18.8 Å². The summed E-state index contributed by atoms with van der Waals surface area (Å²) < 4.78 is 5.81. The van der Waals surface area contributed by atoms with Crippen molar-refractivity contribution in [2.45, 2.75) is 13.8 Å². The van der Waals surface area contributed by atoms with Crippen LogP contribution in [-0.2, 0) is 4.79 Å². The Labute approximate surface area is 212 Å². The molecule has 0 heterocycles. The van der Waals surface area contributed by atoms with Gasteiger partial charge in [0, 0.05) is 60.4 Å². The number of nitrogens with one attached hydrogen (secondary N) is 2. The highest BCUT2D eigenvalue weighted by atomic mass is 16.6. The average Bonchev–Trinajstić information content (AvgIpc) is 2.89. The van der Waals surface area contributed by atoms with E-state index in [9.17, 15) is 25.0 Å². The lowest BCUT2D eigenvalue weighted by Crippen LogP contribution is -2.23. The molecule has 0 bridgehead atoms. The number of anilines is 3. The van der Waals surface area contributed by atoms with Crippen molar-refractivity contribution in [3.8, 4) is 5.75 Å². The number of nitro benzene ring substituents is 2. The van der Waals surface area contributed by atoms with Gasteiger partial charge < -0.3 is 15.0 Å². The van der Waals surface area contributed by atoms with E-state index in [-0.39, 0.29) is 23.7 Å². The molecule has 0 aliphatic heterocycles. The summed E-state index contributed by atoms with van der Waals surface area (Å²) in [7, 11) is 0. The predicted octanol–water partition coefficient (Wildman–Crippen LogP) is 4.81. The molecule has 0 saturated carbocycles. The van der Waals surface area contributed by atoms with Crippen LogP contribution in [0.5, 0.6) is 5.75 Å². The van der Waals surface area contributed by atoms with Crippen LogP contribution in [0.4, 0.5) is 28.4 Å². The van der Waals surface area contributed by atoms with Crippen molar-refractivity contribution < 1.29 is 19.4 Å². The summed E-state index contributed by atoms with van der Waals surface area (Å²) in [5.41, 5.74) is 4.98. The molecule has 0 aliphatic carbocycles. The molecule has 0 aromatic heterocycles. The lowest BCUT2D eigenvalue weighted by atomic mass is 10.1. The number of carbonyl (C=O) groups is 1. The van der Waals surface area contributed by atoms with E-state index in [2.05, 4.69) is 20.7 Å². The molecule has 3 rings (SSSR count). The fraction of sp³-hybridized carbons (Fsp3) is 0.200. The number of benzene rings is 3. The minimum absolute atomic E-state index is 0.0272. The first kappa shape index (κ1) is 26.6.